The Labute approximate surface area is 182 Å². The lowest BCUT2D eigenvalue weighted by atomic mass is 10.0. The summed E-state index contributed by atoms with van der Waals surface area (Å²) in [5, 5.41) is 7.22. The first kappa shape index (κ1) is 19.3. The summed E-state index contributed by atoms with van der Waals surface area (Å²) in [6.45, 7) is 2.53. The van der Waals surface area contributed by atoms with Crippen LogP contribution in [0.5, 0.6) is 5.75 Å². The minimum Gasteiger partial charge on any atom is -0.494 e. The zero-order chi connectivity index (χ0) is 21.5. The van der Waals surface area contributed by atoms with E-state index in [0.29, 0.717) is 24.0 Å². The van der Waals surface area contributed by atoms with E-state index in [1.807, 2.05) is 17.5 Å². The molecule has 0 saturated carbocycles. The molecule has 0 saturated heterocycles. The third-order valence-electron chi connectivity index (χ3n) is 5.35. The molecule has 0 radical (unpaired) electrons. The molecule has 4 aromatic rings. The van der Waals surface area contributed by atoms with Crippen molar-refractivity contribution in [1.29, 1.82) is 0 Å². The molecular formula is C23H20FN5OS. The molecule has 0 aliphatic carbocycles. The van der Waals surface area contributed by atoms with E-state index in [0.717, 1.165) is 32.6 Å². The van der Waals surface area contributed by atoms with E-state index in [-0.39, 0.29) is 5.75 Å². The maximum atomic E-state index is 14.2. The molecule has 0 fully saturated rings. The summed E-state index contributed by atoms with van der Waals surface area (Å²) in [6, 6.07) is 12.9. The van der Waals surface area contributed by atoms with Gasteiger partial charge in [-0.1, -0.05) is 12.1 Å². The highest BCUT2D eigenvalue weighted by atomic mass is 32.1. The van der Waals surface area contributed by atoms with E-state index < -0.39 is 5.82 Å². The van der Waals surface area contributed by atoms with Crippen LogP contribution in [0.25, 0.3) is 10.8 Å². The fraction of sp³-hybridized carbons (Fsp3) is 0.130. The molecule has 0 spiro atoms. The van der Waals surface area contributed by atoms with Crippen LogP contribution in [0.1, 0.15) is 10.4 Å². The van der Waals surface area contributed by atoms with Crippen LogP contribution in [-0.4, -0.2) is 24.6 Å². The minimum absolute atomic E-state index is 0.200. The highest BCUT2D eigenvalue weighted by Gasteiger charge is 2.24. The van der Waals surface area contributed by atoms with Crippen molar-refractivity contribution in [2.24, 2.45) is 10.7 Å². The van der Waals surface area contributed by atoms with E-state index in [1.54, 1.807) is 29.7 Å². The van der Waals surface area contributed by atoms with Crippen LogP contribution in [0.2, 0.25) is 0 Å². The summed E-state index contributed by atoms with van der Waals surface area (Å²) < 4.78 is 19.2. The second-order valence-electron chi connectivity index (χ2n) is 7.21. The Bertz CT molecular complexity index is 1330. The molecule has 1 aliphatic rings. The number of pyridine rings is 1. The number of ether oxygens (including phenoxy) is 1. The quantitative estimate of drug-likeness (QED) is 0.456. The number of methoxy groups -OCH3 is 1. The van der Waals surface area contributed by atoms with Gasteiger partial charge in [-0.15, -0.1) is 11.3 Å². The molecule has 3 N–H and O–H groups in total. The molecule has 0 unspecified atom stereocenters. The van der Waals surface area contributed by atoms with Crippen LogP contribution in [0.15, 0.2) is 59.0 Å². The zero-order valence-electron chi connectivity index (χ0n) is 17.0. The van der Waals surface area contributed by atoms with Crippen molar-refractivity contribution in [3.8, 4) is 5.75 Å². The van der Waals surface area contributed by atoms with Crippen LogP contribution in [0.4, 0.5) is 27.3 Å². The van der Waals surface area contributed by atoms with Gasteiger partial charge in [-0.25, -0.2) is 14.4 Å². The van der Waals surface area contributed by atoms with E-state index in [4.69, 9.17) is 10.5 Å². The SMILES string of the molecule is COc1ccc(Nc2nccc3c(N4CN=C(N)c5sccc54)c(C)ccc23)cc1F. The standard InChI is InChI=1S/C23H20FN5OS/c1-13-3-5-16-15(20(13)29-12-27-22(25)21-18(29)8-10-31-21)7-9-26-23(16)28-14-4-6-19(30-2)17(24)11-14/h3-11H,12H2,1-2H3,(H2,25,27)(H,26,28). The molecule has 3 heterocycles. The molecule has 156 valence electrons. The molecule has 5 rings (SSSR count). The van der Waals surface area contributed by atoms with Gasteiger partial charge in [0.25, 0.3) is 0 Å². The van der Waals surface area contributed by atoms with Crippen LogP contribution < -0.4 is 20.7 Å². The van der Waals surface area contributed by atoms with Gasteiger partial charge in [0.1, 0.15) is 18.3 Å². The molecule has 0 atom stereocenters. The Balaban J connectivity index is 1.61. The Morgan fingerprint density at radius 3 is 2.84 bits per heavy atom. The van der Waals surface area contributed by atoms with Crippen molar-refractivity contribution < 1.29 is 9.13 Å². The predicted octanol–water partition coefficient (Wildman–Crippen LogP) is 5.31. The average molecular weight is 434 g/mol. The summed E-state index contributed by atoms with van der Waals surface area (Å²) in [4.78, 5) is 12.2. The van der Waals surface area contributed by atoms with Crippen molar-refractivity contribution in [2.45, 2.75) is 6.92 Å². The fourth-order valence-corrected chi connectivity index (χ4v) is 4.70. The van der Waals surface area contributed by atoms with Crippen LogP contribution in [0, 0.1) is 12.7 Å². The van der Waals surface area contributed by atoms with Crippen molar-refractivity contribution in [3.05, 3.63) is 70.3 Å². The number of nitrogens with zero attached hydrogens (tertiary/aromatic N) is 3. The highest BCUT2D eigenvalue weighted by molar-refractivity contribution is 7.12. The predicted molar refractivity (Wildman–Crippen MR) is 125 cm³/mol. The second-order valence-corrected chi connectivity index (χ2v) is 8.12. The number of nitrogens with two attached hydrogens (primary N) is 1. The van der Waals surface area contributed by atoms with Crippen molar-refractivity contribution in [3.63, 3.8) is 0 Å². The van der Waals surface area contributed by atoms with Crippen molar-refractivity contribution in [2.75, 3.05) is 24.0 Å². The summed E-state index contributed by atoms with van der Waals surface area (Å²) in [5.74, 6) is 0.988. The first-order valence-corrected chi connectivity index (χ1v) is 10.6. The van der Waals surface area contributed by atoms with E-state index in [9.17, 15) is 4.39 Å². The van der Waals surface area contributed by atoms with E-state index in [1.165, 1.54) is 13.2 Å². The summed E-state index contributed by atoms with van der Waals surface area (Å²) in [5.41, 5.74) is 9.92. The summed E-state index contributed by atoms with van der Waals surface area (Å²) in [7, 11) is 1.44. The van der Waals surface area contributed by atoms with Gasteiger partial charge < -0.3 is 20.7 Å². The second kappa shape index (κ2) is 7.55. The lowest BCUT2D eigenvalue weighted by molar-refractivity contribution is 0.386. The lowest BCUT2D eigenvalue weighted by Crippen LogP contribution is -2.28. The Morgan fingerprint density at radius 2 is 2.03 bits per heavy atom. The summed E-state index contributed by atoms with van der Waals surface area (Å²) >= 11 is 1.58. The zero-order valence-corrected chi connectivity index (χ0v) is 17.8. The van der Waals surface area contributed by atoms with Crippen LogP contribution >= 0.6 is 11.3 Å². The van der Waals surface area contributed by atoms with Gasteiger partial charge in [0.15, 0.2) is 11.6 Å². The third-order valence-corrected chi connectivity index (χ3v) is 6.28. The molecule has 1 aliphatic heterocycles. The fourth-order valence-electron chi connectivity index (χ4n) is 3.88. The number of aryl methyl sites for hydroxylation is 1. The van der Waals surface area contributed by atoms with Gasteiger partial charge in [0.2, 0.25) is 0 Å². The van der Waals surface area contributed by atoms with E-state index >= 15 is 0 Å². The van der Waals surface area contributed by atoms with Gasteiger partial charge in [-0.2, -0.15) is 0 Å². The maximum absolute atomic E-state index is 14.2. The topological polar surface area (TPSA) is 75.8 Å². The van der Waals surface area contributed by atoms with Crippen molar-refractivity contribution in [1.82, 2.24) is 4.98 Å². The Kier molecular flexibility index (Phi) is 4.71. The Morgan fingerprint density at radius 1 is 1.16 bits per heavy atom. The number of rotatable bonds is 4. The number of halogens is 1. The number of nitrogens with one attached hydrogen (secondary N) is 1. The first-order chi connectivity index (χ1) is 15.1. The first-order valence-electron chi connectivity index (χ1n) is 9.71. The van der Waals surface area contributed by atoms with Gasteiger partial charge in [0, 0.05) is 28.7 Å². The van der Waals surface area contributed by atoms with Gasteiger partial charge >= 0.3 is 0 Å². The molecule has 0 bridgehead atoms. The van der Waals surface area contributed by atoms with Crippen LogP contribution in [-0.2, 0) is 0 Å². The monoisotopic (exact) mass is 433 g/mol. The number of benzene rings is 2. The number of amidine groups is 1. The normalized spacial score (nSPS) is 13.1. The number of aliphatic imine (C=N–C) groups is 1. The maximum Gasteiger partial charge on any atom is 0.167 e. The van der Waals surface area contributed by atoms with Crippen LogP contribution in [0.3, 0.4) is 0 Å². The highest BCUT2D eigenvalue weighted by Crippen LogP contribution is 2.41. The minimum atomic E-state index is -0.432. The lowest BCUT2D eigenvalue weighted by Gasteiger charge is -2.29. The molecule has 8 heteroatoms. The molecule has 31 heavy (non-hydrogen) atoms. The molecular weight excluding hydrogens is 413 g/mol. The molecule has 2 aromatic heterocycles. The third kappa shape index (κ3) is 3.25. The van der Waals surface area contributed by atoms with Crippen molar-refractivity contribution >= 4 is 50.8 Å². The van der Waals surface area contributed by atoms with E-state index in [2.05, 4.69) is 39.2 Å². The number of anilines is 4. The van der Waals surface area contributed by atoms with Gasteiger partial charge in [0.05, 0.1) is 23.4 Å². The Hall–Kier alpha value is -3.65. The number of hydrogen-bond donors (Lipinski definition) is 2. The number of hydrogen-bond acceptors (Lipinski definition) is 7. The number of fused-ring (bicyclic) bond motifs is 2. The van der Waals surface area contributed by atoms with Gasteiger partial charge in [-0.3, -0.25) is 0 Å². The van der Waals surface area contributed by atoms with Gasteiger partial charge in [-0.05, 0) is 42.1 Å². The smallest absolute Gasteiger partial charge is 0.167 e. The summed E-state index contributed by atoms with van der Waals surface area (Å²) in [6.07, 6.45) is 1.75. The largest absolute Gasteiger partial charge is 0.494 e. The average Bonchev–Trinajstić information content (AvgIpc) is 3.26. The number of thiophene rings is 1. The molecule has 6 nitrogen and oxygen atoms in total. The molecule has 0 amide bonds. The molecule has 2 aromatic carbocycles. The number of aromatic nitrogens is 1.